The number of hydrogen-bond donors (Lipinski definition) is 2. The molecule has 0 atom stereocenters. The van der Waals surface area contributed by atoms with Gasteiger partial charge in [-0.15, -0.1) is 11.3 Å². The molecule has 0 bridgehead atoms. The Kier molecular flexibility index (Phi) is 4.42. The third-order valence-electron chi connectivity index (χ3n) is 1.48. The van der Waals surface area contributed by atoms with Gasteiger partial charge in [-0.05, 0) is 6.54 Å². The SMILES string of the molecule is CCNCC(=O)NCc1cncs1. The lowest BCUT2D eigenvalue weighted by Gasteiger charge is -2.02. The molecule has 0 saturated carbocycles. The second kappa shape index (κ2) is 5.66. The van der Waals surface area contributed by atoms with E-state index in [-0.39, 0.29) is 5.91 Å². The molecule has 1 aromatic rings. The Hall–Kier alpha value is -0.940. The van der Waals surface area contributed by atoms with Crippen molar-refractivity contribution < 1.29 is 4.79 Å². The number of likely N-dealkylation sites (N-methyl/N-ethyl adjacent to an activating group) is 1. The number of carbonyl (C=O) groups excluding carboxylic acids is 1. The van der Waals surface area contributed by atoms with Gasteiger partial charge in [0.25, 0.3) is 0 Å². The lowest BCUT2D eigenvalue weighted by atomic mass is 10.5. The first-order valence-electron chi connectivity index (χ1n) is 4.17. The summed E-state index contributed by atoms with van der Waals surface area (Å²) in [5.41, 5.74) is 1.76. The first-order valence-corrected chi connectivity index (χ1v) is 5.05. The molecule has 0 fully saturated rings. The molecule has 0 aliphatic carbocycles. The van der Waals surface area contributed by atoms with Crippen molar-refractivity contribution in [1.82, 2.24) is 15.6 Å². The predicted octanol–water partition coefficient (Wildman–Crippen LogP) is 0.369. The standard InChI is InChI=1S/C8H13N3OS/c1-2-9-5-8(12)11-4-7-3-10-6-13-7/h3,6,9H,2,4-5H2,1H3,(H,11,12). The number of hydrogen-bond acceptors (Lipinski definition) is 4. The van der Waals surface area contributed by atoms with Gasteiger partial charge in [0.05, 0.1) is 18.6 Å². The minimum absolute atomic E-state index is 0.0234. The van der Waals surface area contributed by atoms with E-state index in [0.29, 0.717) is 13.1 Å². The van der Waals surface area contributed by atoms with Crippen molar-refractivity contribution in [1.29, 1.82) is 0 Å². The Balaban J connectivity index is 2.15. The van der Waals surface area contributed by atoms with E-state index in [2.05, 4.69) is 15.6 Å². The molecular formula is C8H13N3OS. The average Bonchev–Trinajstić information content (AvgIpc) is 2.64. The molecule has 0 unspecified atom stereocenters. The largest absolute Gasteiger partial charge is 0.350 e. The third-order valence-corrected chi connectivity index (χ3v) is 2.26. The highest BCUT2D eigenvalue weighted by Crippen LogP contribution is 2.03. The number of nitrogens with one attached hydrogen (secondary N) is 2. The van der Waals surface area contributed by atoms with E-state index in [4.69, 9.17) is 0 Å². The Labute approximate surface area is 81.4 Å². The monoisotopic (exact) mass is 199 g/mol. The summed E-state index contributed by atoms with van der Waals surface area (Å²) in [7, 11) is 0. The highest BCUT2D eigenvalue weighted by Gasteiger charge is 1.99. The van der Waals surface area contributed by atoms with Crippen LogP contribution in [0.25, 0.3) is 0 Å². The molecule has 13 heavy (non-hydrogen) atoms. The Morgan fingerprint density at radius 2 is 2.54 bits per heavy atom. The lowest BCUT2D eigenvalue weighted by Crippen LogP contribution is -2.33. The molecule has 0 aliphatic rings. The van der Waals surface area contributed by atoms with Gasteiger partial charge in [-0.25, -0.2) is 0 Å². The molecule has 72 valence electrons. The van der Waals surface area contributed by atoms with Gasteiger partial charge in [0.15, 0.2) is 0 Å². The maximum absolute atomic E-state index is 11.1. The van der Waals surface area contributed by atoms with Crippen molar-refractivity contribution in [3.05, 3.63) is 16.6 Å². The summed E-state index contributed by atoms with van der Waals surface area (Å²) >= 11 is 1.54. The number of rotatable bonds is 5. The Bertz CT molecular complexity index is 248. The van der Waals surface area contributed by atoms with E-state index in [9.17, 15) is 4.79 Å². The van der Waals surface area contributed by atoms with E-state index < -0.39 is 0 Å². The topological polar surface area (TPSA) is 54.0 Å². The van der Waals surface area contributed by atoms with Crippen LogP contribution in [0.2, 0.25) is 0 Å². The van der Waals surface area contributed by atoms with E-state index in [1.54, 1.807) is 23.0 Å². The minimum atomic E-state index is 0.0234. The molecule has 0 aromatic carbocycles. The number of nitrogens with zero attached hydrogens (tertiary/aromatic N) is 1. The maximum Gasteiger partial charge on any atom is 0.234 e. The van der Waals surface area contributed by atoms with Crippen LogP contribution in [-0.4, -0.2) is 24.0 Å². The molecule has 1 aromatic heterocycles. The second-order valence-electron chi connectivity index (χ2n) is 2.52. The van der Waals surface area contributed by atoms with E-state index >= 15 is 0 Å². The smallest absolute Gasteiger partial charge is 0.234 e. The average molecular weight is 199 g/mol. The normalized spacial score (nSPS) is 9.92. The van der Waals surface area contributed by atoms with Crippen molar-refractivity contribution >= 4 is 17.2 Å². The summed E-state index contributed by atoms with van der Waals surface area (Å²) in [6, 6.07) is 0. The summed E-state index contributed by atoms with van der Waals surface area (Å²) < 4.78 is 0. The van der Waals surface area contributed by atoms with Crippen molar-refractivity contribution in [3.63, 3.8) is 0 Å². The van der Waals surface area contributed by atoms with Crippen molar-refractivity contribution in [2.24, 2.45) is 0 Å². The zero-order valence-electron chi connectivity index (χ0n) is 7.54. The van der Waals surface area contributed by atoms with E-state index in [1.807, 2.05) is 6.92 Å². The van der Waals surface area contributed by atoms with Crippen LogP contribution in [0, 0.1) is 0 Å². The van der Waals surface area contributed by atoms with Gasteiger partial charge in [0, 0.05) is 11.1 Å². The molecule has 4 nitrogen and oxygen atoms in total. The molecular weight excluding hydrogens is 186 g/mol. The van der Waals surface area contributed by atoms with Crippen molar-refractivity contribution in [2.75, 3.05) is 13.1 Å². The molecule has 0 aliphatic heterocycles. The zero-order valence-corrected chi connectivity index (χ0v) is 8.36. The Morgan fingerprint density at radius 1 is 1.69 bits per heavy atom. The van der Waals surface area contributed by atoms with Gasteiger partial charge >= 0.3 is 0 Å². The van der Waals surface area contributed by atoms with Crippen molar-refractivity contribution in [3.8, 4) is 0 Å². The maximum atomic E-state index is 11.1. The molecule has 1 amide bonds. The molecule has 5 heteroatoms. The first kappa shape index (κ1) is 10.1. The fourth-order valence-electron chi connectivity index (χ4n) is 0.816. The van der Waals surface area contributed by atoms with Gasteiger partial charge in [0.2, 0.25) is 5.91 Å². The van der Waals surface area contributed by atoms with Crippen LogP contribution in [-0.2, 0) is 11.3 Å². The highest BCUT2D eigenvalue weighted by molar-refractivity contribution is 7.09. The summed E-state index contributed by atoms with van der Waals surface area (Å²) in [5, 5.41) is 5.74. The van der Waals surface area contributed by atoms with Crippen LogP contribution < -0.4 is 10.6 Å². The molecule has 0 spiro atoms. The van der Waals surface area contributed by atoms with Gasteiger partial charge < -0.3 is 10.6 Å². The zero-order chi connectivity index (χ0) is 9.52. The van der Waals surface area contributed by atoms with Gasteiger partial charge in [0.1, 0.15) is 0 Å². The first-order chi connectivity index (χ1) is 6.33. The second-order valence-corrected chi connectivity index (χ2v) is 3.50. The van der Waals surface area contributed by atoms with Crippen LogP contribution in [0.5, 0.6) is 0 Å². The van der Waals surface area contributed by atoms with Crippen LogP contribution in [0.3, 0.4) is 0 Å². The molecule has 0 radical (unpaired) electrons. The summed E-state index contributed by atoms with van der Waals surface area (Å²) in [5.74, 6) is 0.0234. The molecule has 1 heterocycles. The Morgan fingerprint density at radius 3 is 3.15 bits per heavy atom. The predicted molar refractivity (Wildman–Crippen MR) is 52.5 cm³/mol. The fraction of sp³-hybridized carbons (Fsp3) is 0.500. The van der Waals surface area contributed by atoms with Crippen LogP contribution in [0.15, 0.2) is 11.7 Å². The number of carbonyl (C=O) groups is 1. The van der Waals surface area contributed by atoms with Crippen LogP contribution in [0.1, 0.15) is 11.8 Å². The fourth-order valence-corrected chi connectivity index (χ4v) is 1.35. The van der Waals surface area contributed by atoms with Crippen molar-refractivity contribution in [2.45, 2.75) is 13.5 Å². The molecule has 0 saturated heterocycles. The molecule has 1 rings (SSSR count). The summed E-state index contributed by atoms with van der Waals surface area (Å²) in [4.78, 5) is 16.1. The summed E-state index contributed by atoms with van der Waals surface area (Å²) in [6.45, 7) is 3.74. The van der Waals surface area contributed by atoms with Crippen LogP contribution in [0.4, 0.5) is 0 Å². The minimum Gasteiger partial charge on any atom is -0.350 e. The number of aromatic nitrogens is 1. The number of thiazole rings is 1. The summed E-state index contributed by atoms with van der Waals surface area (Å²) in [6.07, 6.45) is 1.76. The van der Waals surface area contributed by atoms with E-state index in [1.165, 1.54) is 0 Å². The van der Waals surface area contributed by atoms with Gasteiger partial charge in [-0.1, -0.05) is 6.92 Å². The van der Waals surface area contributed by atoms with E-state index in [0.717, 1.165) is 11.4 Å². The molecule has 2 N–H and O–H groups in total. The number of amides is 1. The quantitative estimate of drug-likeness (QED) is 0.720. The third kappa shape index (κ3) is 4.00. The van der Waals surface area contributed by atoms with Crippen LogP contribution >= 0.6 is 11.3 Å². The van der Waals surface area contributed by atoms with Gasteiger partial charge in [-0.2, -0.15) is 0 Å². The van der Waals surface area contributed by atoms with Gasteiger partial charge in [-0.3, -0.25) is 9.78 Å². The lowest BCUT2D eigenvalue weighted by molar-refractivity contribution is -0.120. The highest BCUT2D eigenvalue weighted by atomic mass is 32.1.